The van der Waals surface area contributed by atoms with Gasteiger partial charge in [0.05, 0.1) is 24.9 Å². The Labute approximate surface area is 131 Å². The molecule has 22 heavy (non-hydrogen) atoms. The van der Waals surface area contributed by atoms with Gasteiger partial charge in [0.25, 0.3) is 5.56 Å². The summed E-state index contributed by atoms with van der Waals surface area (Å²) in [5, 5.41) is 9.91. The van der Waals surface area contributed by atoms with Crippen LogP contribution in [0.4, 0.5) is 0 Å². The average molecular weight is 312 g/mol. The van der Waals surface area contributed by atoms with Gasteiger partial charge in [-0.1, -0.05) is 24.3 Å². The summed E-state index contributed by atoms with van der Waals surface area (Å²) in [6.45, 7) is 0.548. The molecular weight excluding hydrogens is 296 g/mol. The molecule has 1 aliphatic carbocycles. The van der Waals surface area contributed by atoms with Crippen LogP contribution in [-0.4, -0.2) is 14.7 Å². The Morgan fingerprint density at radius 3 is 2.73 bits per heavy atom. The van der Waals surface area contributed by atoms with E-state index in [9.17, 15) is 4.79 Å². The highest BCUT2D eigenvalue weighted by molar-refractivity contribution is 7.18. The summed E-state index contributed by atoms with van der Waals surface area (Å²) >= 11 is 1.67. The van der Waals surface area contributed by atoms with Crippen molar-refractivity contribution in [1.29, 1.82) is 0 Å². The number of benzene rings is 1. The average Bonchev–Trinajstić information content (AvgIpc) is 3.11. The second-order valence-electron chi connectivity index (χ2n) is 5.69. The van der Waals surface area contributed by atoms with Crippen LogP contribution in [0.1, 0.15) is 28.0 Å². The lowest BCUT2D eigenvalue weighted by Gasteiger charge is -2.06. The smallest absolute Gasteiger partial charge is 0.262 e. The van der Waals surface area contributed by atoms with Gasteiger partial charge in [0.2, 0.25) is 0 Å². The molecule has 112 valence electrons. The Morgan fingerprint density at radius 1 is 1.18 bits per heavy atom. The molecule has 0 atom stereocenters. The minimum atomic E-state index is 0.0365. The number of thiophene rings is 1. The molecule has 0 saturated carbocycles. The van der Waals surface area contributed by atoms with Crippen LogP contribution in [0.15, 0.2) is 35.4 Å². The van der Waals surface area contributed by atoms with E-state index in [1.54, 1.807) is 22.2 Å². The monoisotopic (exact) mass is 312 g/mol. The molecule has 1 aromatic carbocycles. The van der Waals surface area contributed by atoms with Crippen LogP contribution in [0.3, 0.4) is 0 Å². The number of aliphatic hydroxyl groups is 1. The van der Waals surface area contributed by atoms with Crippen molar-refractivity contribution >= 4 is 21.6 Å². The highest BCUT2D eigenvalue weighted by Crippen LogP contribution is 2.34. The molecule has 0 aliphatic heterocycles. The number of hydrogen-bond donors (Lipinski definition) is 1. The third-order valence-electron chi connectivity index (χ3n) is 4.25. The van der Waals surface area contributed by atoms with Gasteiger partial charge in [0, 0.05) is 4.88 Å². The normalized spacial score (nSPS) is 13.7. The maximum Gasteiger partial charge on any atom is 0.262 e. The fraction of sp³-hybridized carbons (Fsp3) is 0.294. The molecule has 4 nitrogen and oxygen atoms in total. The number of hydrogen-bond acceptors (Lipinski definition) is 4. The summed E-state index contributed by atoms with van der Waals surface area (Å²) in [7, 11) is 0. The van der Waals surface area contributed by atoms with E-state index in [4.69, 9.17) is 5.11 Å². The molecule has 2 heterocycles. The standard InChI is InChI=1S/C17H16N2O2S/c20-9-12-6-4-11(5-7-12)8-19-10-18-16-15(17(19)21)13-2-1-3-14(13)22-16/h4-7,10,20H,1-3,8-9H2. The number of fused-ring (bicyclic) bond motifs is 3. The molecule has 1 aliphatic rings. The second-order valence-corrected chi connectivity index (χ2v) is 6.77. The number of rotatable bonds is 3. The third kappa shape index (κ3) is 2.17. The first-order chi connectivity index (χ1) is 10.8. The molecule has 0 bridgehead atoms. The van der Waals surface area contributed by atoms with Crippen LogP contribution < -0.4 is 5.56 Å². The lowest BCUT2D eigenvalue weighted by atomic mass is 10.1. The van der Waals surface area contributed by atoms with Crippen LogP contribution in [-0.2, 0) is 26.0 Å². The van der Waals surface area contributed by atoms with Gasteiger partial charge in [0.15, 0.2) is 0 Å². The predicted octanol–water partition coefficient (Wildman–Crippen LogP) is 2.49. The van der Waals surface area contributed by atoms with E-state index in [0.29, 0.717) is 6.54 Å². The molecule has 5 heteroatoms. The molecule has 4 rings (SSSR count). The van der Waals surface area contributed by atoms with E-state index in [-0.39, 0.29) is 12.2 Å². The zero-order valence-corrected chi connectivity index (χ0v) is 12.9. The Kier molecular flexibility index (Phi) is 3.32. The molecule has 1 N–H and O–H groups in total. The zero-order valence-electron chi connectivity index (χ0n) is 12.1. The summed E-state index contributed by atoms with van der Waals surface area (Å²) in [5.41, 5.74) is 3.20. The van der Waals surface area contributed by atoms with E-state index in [1.807, 2.05) is 24.3 Å². The van der Waals surface area contributed by atoms with Crippen molar-refractivity contribution in [1.82, 2.24) is 9.55 Å². The molecular formula is C17H16N2O2S. The number of aryl methyl sites for hydroxylation is 2. The maximum atomic E-state index is 12.8. The molecule has 0 saturated heterocycles. The predicted molar refractivity (Wildman–Crippen MR) is 87.4 cm³/mol. The summed E-state index contributed by atoms with van der Waals surface area (Å²) < 4.78 is 1.68. The molecule has 0 unspecified atom stereocenters. The summed E-state index contributed by atoms with van der Waals surface area (Å²) in [5.74, 6) is 0. The largest absolute Gasteiger partial charge is 0.392 e. The van der Waals surface area contributed by atoms with Crippen molar-refractivity contribution in [3.05, 3.63) is 62.5 Å². The van der Waals surface area contributed by atoms with Gasteiger partial charge in [-0.3, -0.25) is 9.36 Å². The summed E-state index contributed by atoms with van der Waals surface area (Å²) in [6, 6.07) is 7.66. The third-order valence-corrected chi connectivity index (χ3v) is 5.45. The van der Waals surface area contributed by atoms with E-state index in [2.05, 4.69) is 4.98 Å². The highest BCUT2D eigenvalue weighted by Gasteiger charge is 2.21. The first-order valence-corrected chi connectivity index (χ1v) is 8.26. The fourth-order valence-electron chi connectivity index (χ4n) is 3.08. The van der Waals surface area contributed by atoms with E-state index in [1.165, 1.54) is 10.4 Å². The van der Waals surface area contributed by atoms with Gasteiger partial charge in [-0.05, 0) is 36.0 Å². The van der Waals surface area contributed by atoms with E-state index in [0.717, 1.165) is 40.6 Å². The fourth-order valence-corrected chi connectivity index (χ4v) is 4.30. The van der Waals surface area contributed by atoms with Crippen molar-refractivity contribution in [2.45, 2.75) is 32.4 Å². The molecule has 3 aromatic rings. The Hall–Kier alpha value is -1.98. The Bertz CT molecular complexity index is 893. The first kappa shape index (κ1) is 13.7. The van der Waals surface area contributed by atoms with Crippen LogP contribution in [0.5, 0.6) is 0 Å². The minimum absolute atomic E-state index is 0.0365. The van der Waals surface area contributed by atoms with Gasteiger partial charge < -0.3 is 5.11 Å². The van der Waals surface area contributed by atoms with Gasteiger partial charge in [-0.2, -0.15) is 0 Å². The van der Waals surface area contributed by atoms with Gasteiger partial charge >= 0.3 is 0 Å². The Balaban J connectivity index is 1.75. The van der Waals surface area contributed by atoms with E-state index < -0.39 is 0 Å². The zero-order chi connectivity index (χ0) is 15.1. The topological polar surface area (TPSA) is 55.1 Å². The van der Waals surface area contributed by atoms with Gasteiger partial charge in [-0.15, -0.1) is 11.3 Å². The SMILES string of the molecule is O=c1c2c3c(sc2ncn1Cc1ccc(CO)cc1)CCC3. The van der Waals surface area contributed by atoms with Crippen LogP contribution in [0.2, 0.25) is 0 Å². The van der Waals surface area contributed by atoms with Crippen LogP contribution in [0, 0.1) is 0 Å². The van der Waals surface area contributed by atoms with E-state index >= 15 is 0 Å². The maximum absolute atomic E-state index is 12.8. The number of aliphatic hydroxyl groups excluding tert-OH is 1. The lowest BCUT2D eigenvalue weighted by Crippen LogP contribution is -2.21. The molecule has 0 spiro atoms. The molecule has 0 radical (unpaired) electrons. The number of aromatic nitrogens is 2. The summed E-state index contributed by atoms with van der Waals surface area (Å²) in [6.07, 6.45) is 4.88. The van der Waals surface area contributed by atoms with Crippen LogP contribution >= 0.6 is 11.3 Å². The van der Waals surface area contributed by atoms with Gasteiger partial charge in [0.1, 0.15) is 4.83 Å². The summed E-state index contributed by atoms with van der Waals surface area (Å²) in [4.78, 5) is 19.5. The number of nitrogens with zero attached hydrogens (tertiary/aromatic N) is 2. The first-order valence-electron chi connectivity index (χ1n) is 7.44. The molecule has 0 fully saturated rings. The van der Waals surface area contributed by atoms with Gasteiger partial charge in [-0.25, -0.2) is 4.98 Å². The van der Waals surface area contributed by atoms with Crippen LogP contribution in [0.25, 0.3) is 10.2 Å². The molecule has 0 amide bonds. The second kappa shape index (κ2) is 5.34. The van der Waals surface area contributed by atoms with Crippen molar-refractivity contribution in [2.24, 2.45) is 0 Å². The lowest BCUT2D eigenvalue weighted by molar-refractivity contribution is 0.282. The Morgan fingerprint density at radius 2 is 1.95 bits per heavy atom. The van der Waals surface area contributed by atoms with Crippen molar-refractivity contribution in [3.8, 4) is 0 Å². The highest BCUT2D eigenvalue weighted by atomic mass is 32.1. The molecule has 2 aromatic heterocycles. The quantitative estimate of drug-likeness (QED) is 0.808. The van der Waals surface area contributed by atoms with Crippen molar-refractivity contribution < 1.29 is 5.11 Å². The van der Waals surface area contributed by atoms with Crippen molar-refractivity contribution in [2.75, 3.05) is 0 Å². The van der Waals surface area contributed by atoms with Crippen molar-refractivity contribution in [3.63, 3.8) is 0 Å². The minimum Gasteiger partial charge on any atom is -0.392 e.